The molecule has 4 N–H and O–H groups in total. The first-order chi connectivity index (χ1) is 13.0. The van der Waals surface area contributed by atoms with E-state index in [4.69, 9.17) is 5.11 Å². The summed E-state index contributed by atoms with van der Waals surface area (Å²) in [4.78, 5) is 10.5. The van der Waals surface area contributed by atoms with Crippen LogP contribution in [-0.2, 0) is 11.2 Å². The second-order valence-electron chi connectivity index (χ2n) is 7.97. The molecule has 0 bridgehead atoms. The number of aliphatic carboxylic acids is 1. The van der Waals surface area contributed by atoms with Crippen LogP contribution in [0.25, 0.3) is 0 Å². The van der Waals surface area contributed by atoms with Gasteiger partial charge in [0.25, 0.3) is 0 Å². The van der Waals surface area contributed by atoms with Gasteiger partial charge in [0.1, 0.15) is 0 Å². The number of hydrogen-bond donors (Lipinski definition) is 4. The Labute approximate surface area is 162 Å². The van der Waals surface area contributed by atoms with E-state index >= 15 is 0 Å². The Bertz CT molecular complexity index is 547. The molecule has 5 heteroatoms. The largest absolute Gasteiger partial charge is 0.481 e. The number of hydrogen-bond acceptors (Lipinski definition) is 4. The second-order valence-corrected chi connectivity index (χ2v) is 7.97. The Kier molecular flexibility index (Phi) is 9.25. The first kappa shape index (κ1) is 21.9. The summed E-state index contributed by atoms with van der Waals surface area (Å²) in [7, 11) is 0. The monoisotopic (exact) mass is 378 g/mol. The number of aliphatic hydroxyl groups is 3. The predicted molar refractivity (Wildman–Crippen MR) is 104 cm³/mol. The van der Waals surface area contributed by atoms with E-state index in [1.54, 1.807) is 0 Å². The van der Waals surface area contributed by atoms with Crippen molar-refractivity contribution in [3.8, 4) is 0 Å². The van der Waals surface area contributed by atoms with E-state index in [9.17, 15) is 20.1 Å². The molecule has 27 heavy (non-hydrogen) atoms. The first-order valence-electron chi connectivity index (χ1n) is 10.3. The molecule has 1 aromatic carbocycles. The van der Waals surface area contributed by atoms with Crippen molar-refractivity contribution in [2.45, 2.75) is 82.5 Å². The Morgan fingerprint density at radius 2 is 1.59 bits per heavy atom. The minimum Gasteiger partial charge on any atom is -0.481 e. The minimum atomic E-state index is -0.751. The van der Waals surface area contributed by atoms with Crippen molar-refractivity contribution in [1.29, 1.82) is 0 Å². The van der Waals surface area contributed by atoms with Crippen molar-refractivity contribution in [3.63, 3.8) is 0 Å². The van der Waals surface area contributed by atoms with Crippen LogP contribution in [-0.4, -0.2) is 44.7 Å². The van der Waals surface area contributed by atoms with Crippen molar-refractivity contribution < 1.29 is 25.2 Å². The van der Waals surface area contributed by atoms with Crippen LogP contribution < -0.4 is 0 Å². The van der Waals surface area contributed by atoms with Crippen molar-refractivity contribution in [2.75, 3.05) is 0 Å². The van der Waals surface area contributed by atoms with Gasteiger partial charge >= 0.3 is 5.97 Å². The van der Waals surface area contributed by atoms with Crippen molar-refractivity contribution in [1.82, 2.24) is 0 Å². The number of carbonyl (C=O) groups is 1. The Morgan fingerprint density at radius 3 is 2.26 bits per heavy atom. The molecule has 2 rings (SSSR count). The molecule has 2 unspecified atom stereocenters. The van der Waals surface area contributed by atoms with Gasteiger partial charge in [-0.2, -0.15) is 0 Å². The SMILES string of the molecule is O=C(O)CCCCCC[C@@H]1C(CCC(O)Cc2ccccc2)[C@H](O)C[C@@H]1O. The molecule has 152 valence electrons. The van der Waals surface area contributed by atoms with Crippen molar-refractivity contribution >= 4 is 5.97 Å². The highest BCUT2D eigenvalue weighted by molar-refractivity contribution is 5.66. The number of carboxylic acids is 1. The van der Waals surface area contributed by atoms with Crippen LogP contribution in [0.1, 0.15) is 63.4 Å². The predicted octanol–water partition coefficient (Wildman–Crippen LogP) is 3.15. The van der Waals surface area contributed by atoms with E-state index in [1.807, 2.05) is 30.3 Å². The lowest BCUT2D eigenvalue weighted by atomic mass is 9.84. The van der Waals surface area contributed by atoms with Gasteiger partial charge in [0.15, 0.2) is 0 Å². The zero-order valence-corrected chi connectivity index (χ0v) is 16.0. The fraction of sp³-hybridized carbons (Fsp3) is 0.682. The fourth-order valence-electron chi connectivity index (χ4n) is 4.36. The normalized spacial score (nSPS) is 26.2. The minimum absolute atomic E-state index is 0.0319. The molecular weight excluding hydrogens is 344 g/mol. The van der Waals surface area contributed by atoms with E-state index in [1.165, 1.54) is 0 Å². The summed E-state index contributed by atoms with van der Waals surface area (Å²) in [6.45, 7) is 0. The van der Waals surface area contributed by atoms with Gasteiger partial charge in [0.2, 0.25) is 0 Å². The lowest BCUT2D eigenvalue weighted by molar-refractivity contribution is -0.137. The molecule has 0 amide bonds. The second kappa shape index (κ2) is 11.4. The molecular formula is C22H34O5. The van der Waals surface area contributed by atoms with Gasteiger partial charge < -0.3 is 20.4 Å². The zero-order valence-electron chi connectivity index (χ0n) is 16.0. The molecule has 0 radical (unpaired) electrons. The smallest absolute Gasteiger partial charge is 0.303 e. The van der Waals surface area contributed by atoms with Crippen LogP contribution >= 0.6 is 0 Å². The van der Waals surface area contributed by atoms with Gasteiger partial charge in [-0.25, -0.2) is 0 Å². The molecule has 1 aliphatic carbocycles. The van der Waals surface area contributed by atoms with E-state index < -0.39 is 24.3 Å². The summed E-state index contributed by atoms with van der Waals surface area (Å²) in [6, 6.07) is 9.89. The van der Waals surface area contributed by atoms with E-state index in [-0.39, 0.29) is 18.3 Å². The maximum Gasteiger partial charge on any atom is 0.303 e. The van der Waals surface area contributed by atoms with Crippen molar-refractivity contribution in [2.24, 2.45) is 11.8 Å². The molecule has 0 heterocycles. The Balaban J connectivity index is 1.73. The van der Waals surface area contributed by atoms with Gasteiger partial charge in [0.05, 0.1) is 18.3 Å². The molecule has 1 aliphatic rings. The standard InChI is InChI=1S/C22H34O5/c23-17(14-16-8-4-3-5-9-16)12-13-19-18(20(24)15-21(19)25)10-6-1-2-7-11-22(26)27/h3-5,8-9,17-21,23-25H,1-2,6-7,10-15H2,(H,26,27)/t17?,18-,19?,20+,21-/m1/s1. The lowest BCUT2D eigenvalue weighted by Gasteiger charge is -2.24. The maximum absolute atomic E-state index is 10.5. The average Bonchev–Trinajstić information content (AvgIpc) is 2.89. The quantitative estimate of drug-likeness (QED) is 0.419. The summed E-state index contributed by atoms with van der Waals surface area (Å²) >= 11 is 0. The highest BCUT2D eigenvalue weighted by Crippen LogP contribution is 2.39. The van der Waals surface area contributed by atoms with Gasteiger partial charge in [0, 0.05) is 6.42 Å². The topological polar surface area (TPSA) is 98.0 Å². The number of carboxylic acid groups (broad SMARTS) is 1. The lowest BCUT2D eigenvalue weighted by Crippen LogP contribution is -2.24. The molecule has 0 aliphatic heterocycles. The Hall–Kier alpha value is -1.43. The van der Waals surface area contributed by atoms with Gasteiger partial charge in [-0.05, 0) is 55.9 Å². The molecule has 0 spiro atoms. The van der Waals surface area contributed by atoms with Crippen LogP contribution in [0.3, 0.4) is 0 Å². The number of rotatable bonds is 12. The van der Waals surface area contributed by atoms with Crippen LogP contribution in [0.15, 0.2) is 30.3 Å². The number of aliphatic hydroxyl groups excluding tert-OH is 3. The van der Waals surface area contributed by atoms with Gasteiger partial charge in [-0.1, -0.05) is 49.6 Å². The molecule has 1 fully saturated rings. The van der Waals surface area contributed by atoms with Crippen LogP contribution in [0.5, 0.6) is 0 Å². The van der Waals surface area contributed by atoms with E-state index in [0.717, 1.165) is 37.7 Å². The third kappa shape index (κ3) is 7.60. The first-order valence-corrected chi connectivity index (χ1v) is 10.3. The molecule has 5 atom stereocenters. The number of unbranched alkanes of at least 4 members (excludes halogenated alkanes) is 3. The maximum atomic E-state index is 10.5. The molecule has 0 aromatic heterocycles. The van der Waals surface area contributed by atoms with Crippen LogP contribution in [0, 0.1) is 11.8 Å². The summed E-state index contributed by atoms with van der Waals surface area (Å²) in [5, 5.41) is 39.6. The molecule has 1 saturated carbocycles. The molecule has 5 nitrogen and oxygen atoms in total. The van der Waals surface area contributed by atoms with Crippen molar-refractivity contribution in [3.05, 3.63) is 35.9 Å². The third-order valence-electron chi connectivity index (χ3n) is 5.85. The van der Waals surface area contributed by atoms with Gasteiger partial charge in [-0.3, -0.25) is 4.79 Å². The summed E-state index contributed by atoms with van der Waals surface area (Å²) in [6.07, 6.45) is 5.51. The molecule has 0 saturated heterocycles. The molecule has 1 aromatic rings. The summed E-state index contributed by atoms with van der Waals surface area (Å²) in [5.41, 5.74) is 1.11. The van der Waals surface area contributed by atoms with E-state index in [0.29, 0.717) is 25.7 Å². The fourth-order valence-corrected chi connectivity index (χ4v) is 4.36. The van der Waals surface area contributed by atoms with Crippen LogP contribution in [0.4, 0.5) is 0 Å². The zero-order chi connectivity index (χ0) is 19.6. The van der Waals surface area contributed by atoms with E-state index in [2.05, 4.69) is 0 Å². The van der Waals surface area contributed by atoms with Crippen LogP contribution in [0.2, 0.25) is 0 Å². The highest BCUT2D eigenvalue weighted by atomic mass is 16.4. The van der Waals surface area contributed by atoms with Gasteiger partial charge in [-0.15, -0.1) is 0 Å². The summed E-state index contributed by atoms with van der Waals surface area (Å²) < 4.78 is 0. The third-order valence-corrected chi connectivity index (χ3v) is 5.85. The number of benzene rings is 1. The average molecular weight is 379 g/mol. The highest BCUT2D eigenvalue weighted by Gasteiger charge is 2.40. The Morgan fingerprint density at radius 1 is 0.963 bits per heavy atom. The summed E-state index contributed by atoms with van der Waals surface area (Å²) in [5.74, 6) is -0.647.